The normalized spacial score (nSPS) is 9.55. The lowest BCUT2D eigenvalue weighted by molar-refractivity contribution is 0.0999. The van der Waals surface area contributed by atoms with Crippen molar-refractivity contribution in [2.24, 2.45) is 5.73 Å². The van der Waals surface area contributed by atoms with E-state index in [1.165, 1.54) is 12.4 Å². The first kappa shape index (κ1) is 7.81. The highest BCUT2D eigenvalue weighted by molar-refractivity contribution is 6.30. The van der Waals surface area contributed by atoms with Crippen LogP contribution in [0.4, 0.5) is 0 Å². The summed E-state index contributed by atoms with van der Waals surface area (Å²) in [6.07, 6.45) is 2.51. The predicted octanol–water partition coefficient (Wildman–Crippen LogP) is 0.127. The smallest absolute Gasteiger partial charge is 0.254 e. The molecule has 0 aliphatic rings. The van der Waals surface area contributed by atoms with Crippen LogP contribution in [0.5, 0.6) is 0 Å². The number of nitrogens with two attached hydrogens (primary N) is 1. The summed E-state index contributed by atoms with van der Waals surface area (Å²) in [6, 6.07) is 0. The maximum absolute atomic E-state index is 11.0. The van der Waals surface area contributed by atoms with E-state index in [0.29, 0.717) is 0 Å². The first-order chi connectivity index (χ1) is 5.13. The lowest BCUT2D eigenvalue weighted by Crippen LogP contribution is -2.21. The number of primary amides is 1. The fourth-order valence-corrected chi connectivity index (χ4v) is 0.806. The summed E-state index contributed by atoms with van der Waals surface area (Å²) in [6.45, 7) is 0. The van der Waals surface area contributed by atoms with E-state index in [0.717, 1.165) is 0 Å². The van der Waals surface area contributed by atoms with E-state index in [4.69, 9.17) is 17.3 Å². The molecule has 0 spiro atoms. The molecule has 1 heterocycles. The molecule has 0 aliphatic carbocycles. The molecule has 0 radical (unpaired) electrons. The van der Waals surface area contributed by atoms with E-state index < -0.39 is 11.3 Å². The zero-order valence-corrected chi connectivity index (χ0v) is 6.18. The molecule has 0 bridgehead atoms. The van der Waals surface area contributed by atoms with Gasteiger partial charge in [-0.2, -0.15) is 0 Å². The van der Waals surface area contributed by atoms with Gasteiger partial charge in [0.1, 0.15) is 10.6 Å². The maximum atomic E-state index is 11.0. The Kier molecular flexibility index (Phi) is 1.96. The van der Waals surface area contributed by atoms with E-state index in [2.05, 4.69) is 4.98 Å². The van der Waals surface area contributed by atoms with Gasteiger partial charge in [0.2, 0.25) is 5.43 Å². The van der Waals surface area contributed by atoms with Crippen molar-refractivity contribution in [3.8, 4) is 0 Å². The van der Waals surface area contributed by atoms with E-state index >= 15 is 0 Å². The molecule has 0 saturated carbocycles. The zero-order chi connectivity index (χ0) is 8.43. The highest BCUT2D eigenvalue weighted by atomic mass is 35.5. The molecule has 0 unspecified atom stereocenters. The van der Waals surface area contributed by atoms with Crippen molar-refractivity contribution < 1.29 is 4.79 Å². The number of amides is 1. The van der Waals surface area contributed by atoms with Crippen molar-refractivity contribution in [3.05, 3.63) is 33.2 Å². The Hall–Kier alpha value is -1.29. The molecule has 1 rings (SSSR count). The zero-order valence-electron chi connectivity index (χ0n) is 5.43. The van der Waals surface area contributed by atoms with Gasteiger partial charge in [-0.15, -0.1) is 0 Å². The number of hydrogen-bond acceptors (Lipinski definition) is 2. The third kappa shape index (κ3) is 1.40. The molecule has 3 N–H and O–H groups in total. The number of carbonyl (C=O) groups excluding carboxylic acids is 1. The number of H-pyrrole nitrogens is 1. The van der Waals surface area contributed by atoms with Crippen molar-refractivity contribution in [2.75, 3.05) is 0 Å². The van der Waals surface area contributed by atoms with Gasteiger partial charge >= 0.3 is 0 Å². The van der Waals surface area contributed by atoms with Crippen LogP contribution in [0, 0.1) is 0 Å². The number of rotatable bonds is 1. The van der Waals surface area contributed by atoms with E-state index in [9.17, 15) is 9.59 Å². The van der Waals surface area contributed by atoms with Gasteiger partial charge in [0.15, 0.2) is 0 Å². The standard InChI is InChI=1S/C6H5ClN2O2/c7-4-2-9-1-3(5(4)10)6(8)11/h1-2H,(H2,8,11)(H,9,10). The van der Waals surface area contributed by atoms with Crippen LogP contribution in [0.25, 0.3) is 0 Å². The number of hydrogen-bond donors (Lipinski definition) is 2. The Morgan fingerprint density at radius 1 is 1.55 bits per heavy atom. The Bertz CT molecular complexity index is 345. The summed E-state index contributed by atoms with van der Waals surface area (Å²) >= 11 is 5.41. The highest BCUT2D eigenvalue weighted by Crippen LogP contribution is 1.98. The Labute approximate surface area is 67.0 Å². The molecule has 1 amide bonds. The van der Waals surface area contributed by atoms with Crippen molar-refractivity contribution >= 4 is 17.5 Å². The number of halogens is 1. The number of carbonyl (C=O) groups is 1. The molecule has 1 aromatic heterocycles. The van der Waals surface area contributed by atoms with Gasteiger partial charge in [0.25, 0.3) is 5.91 Å². The van der Waals surface area contributed by atoms with Gasteiger partial charge in [0, 0.05) is 12.4 Å². The summed E-state index contributed by atoms with van der Waals surface area (Å²) in [5.74, 6) is -0.784. The second-order valence-corrected chi connectivity index (χ2v) is 2.32. The lowest BCUT2D eigenvalue weighted by atomic mass is 10.3. The minimum absolute atomic E-state index is 0.0405. The monoisotopic (exact) mass is 172 g/mol. The van der Waals surface area contributed by atoms with Gasteiger partial charge in [0.05, 0.1) is 0 Å². The van der Waals surface area contributed by atoms with Gasteiger partial charge in [-0.1, -0.05) is 11.6 Å². The molecule has 58 valence electrons. The third-order valence-corrected chi connectivity index (χ3v) is 1.45. The second kappa shape index (κ2) is 2.75. The average molecular weight is 173 g/mol. The molecule has 11 heavy (non-hydrogen) atoms. The van der Waals surface area contributed by atoms with Gasteiger partial charge in [-0.25, -0.2) is 0 Å². The van der Waals surface area contributed by atoms with Crippen molar-refractivity contribution in [1.29, 1.82) is 0 Å². The Morgan fingerprint density at radius 2 is 2.18 bits per heavy atom. The van der Waals surface area contributed by atoms with Crippen molar-refractivity contribution in [2.45, 2.75) is 0 Å². The SMILES string of the molecule is NC(=O)c1c[nH]cc(Cl)c1=O. The van der Waals surface area contributed by atoms with Crippen LogP contribution < -0.4 is 11.2 Å². The van der Waals surface area contributed by atoms with E-state index in [1.807, 2.05) is 0 Å². The third-order valence-electron chi connectivity index (χ3n) is 1.16. The first-order valence-electron chi connectivity index (χ1n) is 2.79. The second-order valence-electron chi connectivity index (χ2n) is 1.91. The van der Waals surface area contributed by atoms with Gasteiger partial charge in [-0.05, 0) is 0 Å². The molecule has 1 aromatic rings. The predicted molar refractivity (Wildman–Crippen MR) is 40.6 cm³/mol. The quantitative estimate of drug-likeness (QED) is 0.632. The fourth-order valence-electron chi connectivity index (χ4n) is 0.641. The van der Waals surface area contributed by atoms with Crippen molar-refractivity contribution in [1.82, 2.24) is 4.98 Å². The van der Waals surface area contributed by atoms with E-state index in [1.54, 1.807) is 0 Å². The van der Waals surface area contributed by atoms with Crippen LogP contribution in [0.2, 0.25) is 5.02 Å². The molecular weight excluding hydrogens is 168 g/mol. The van der Waals surface area contributed by atoms with Crippen LogP contribution in [0.15, 0.2) is 17.2 Å². The summed E-state index contributed by atoms with van der Waals surface area (Å²) in [5, 5.41) is -0.0405. The van der Waals surface area contributed by atoms with Crippen LogP contribution in [0.3, 0.4) is 0 Å². The molecule has 0 fully saturated rings. The Balaban J connectivity index is 3.40. The van der Waals surface area contributed by atoms with Crippen LogP contribution >= 0.6 is 11.6 Å². The number of pyridine rings is 1. The largest absolute Gasteiger partial charge is 0.365 e. The summed E-state index contributed by atoms with van der Waals surface area (Å²) in [7, 11) is 0. The average Bonchev–Trinajstić information content (AvgIpc) is 1.94. The summed E-state index contributed by atoms with van der Waals surface area (Å²) in [4.78, 5) is 24.0. The van der Waals surface area contributed by atoms with Crippen molar-refractivity contribution in [3.63, 3.8) is 0 Å². The molecule has 0 aliphatic heterocycles. The topological polar surface area (TPSA) is 76.0 Å². The molecule has 5 heteroatoms. The lowest BCUT2D eigenvalue weighted by Gasteiger charge is -1.92. The minimum Gasteiger partial charge on any atom is -0.365 e. The van der Waals surface area contributed by atoms with Gasteiger partial charge in [-0.3, -0.25) is 9.59 Å². The van der Waals surface area contributed by atoms with Crippen LogP contribution in [-0.2, 0) is 0 Å². The fraction of sp³-hybridized carbons (Fsp3) is 0. The summed E-state index contributed by atoms with van der Waals surface area (Å²) < 4.78 is 0. The molecule has 4 nitrogen and oxygen atoms in total. The molecule has 0 aromatic carbocycles. The van der Waals surface area contributed by atoms with Crippen LogP contribution in [0.1, 0.15) is 10.4 Å². The Morgan fingerprint density at radius 3 is 2.64 bits per heavy atom. The molecular formula is C6H5ClN2O2. The number of aromatic amines is 1. The van der Waals surface area contributed by atoms with E-state index in [-0.39, 0.29) is 10.6 Å². The molecule has 0 atom stereocenters. The number of aromatic nitrogens is 1. The van der Waals surface area contributed by atoms with Gasteiger partial charge < -0.3 is 10.7 Å². The number of nitrogens with one attached hydrogen (secondary N) is 1. The highest BCUT2D eigenvalue weighted by Gasteiger charge is 2.07. The minimum atomic E-state index is -0.784. The van der Waals surface area contributed by atoms with Crippen LogP contribution in [-0.4, -0.2) is 10.9 Å². The maximum Gasteiger partial charge on any atom is 0.254 e. The molecule has 0 saturated heterocycles. The first-order valence-corrected chi connectivity index (χ1v) is 3.17. The summed E-state index contributed by atoms with van der Waals surface area (Å²) in [5.41, 5.74) is 4.19.